The van der Waals surface area contributed by atoms with Gasteiger partial charge in [-0.2, -0.15) is 11.3 Å². The monoisotopic (exact) mass is 439 g/mol. The summed E-state index contributed by atoms with van der Waals surface area (Å²) in [5.74, 6) is 0.152. The molecule has 3 amide bonds. The van der Waals surface area contributed by atoms with Crippen LogP contribution in [-0.2, 0) is 11.3 Å². The summed E-state index contributed by atoms with van der Waals surface area (Å²) in [6.45, 7) is 1.12. The molecule has 1 aromatic heterocycles. The average molecular weight is 440 g/mol. The molecule has 7 heteroatoms. The summed E-state index contributed by atoms with van der Waals surface area (Å²) in [5, 5.41) is 10.6. The number of hydrogen-bond acceptors (Lipinski definition) is 3. The molecule has 0 radical (unpaired) electrons. The molecule has 0 aliphatic carbocycles. The molecular formula is C23H22ClN3O2S. The highest BCUT2D eigenvalue weighted by Crippen LogP contribution is 2.25. The van der Waals surface area contributed by atoms with Crippen LogP contribution in [0.3, 0.4) is 0 Å². The molecule has 0 saturated carbocycles. The minimum atomic E-state index is -0.262. The Balaban J connectivity index is 1.42. The van der Waals surface area contributed by atoms with Crippen molar-refractivity contribution in [3.63, 3.8) is 0 Å². The second kappa shape index (κ2) is 9.32. The van der Waals surface area contributed by atoms with Crippen LogP contribution in [-0.4, -0.2) is 18.5 Å². The van der Waals surface area contributed by atoms with Crippen LogP contribution in [0.15, 0.2) is 65.4 Å². The molecule has 1 aliphatic rings. The Morgan fingerprint density at radius 2 is 1.97 bits per heavy atom. The van der Waals surface area contributed by atoms with Gasteiger partial charge in [-0.1, -0.05) is 35.9 Å². The zero-order chi connectivity index (χ0) is 20.9. The van der Waals surface area contributed by atoms with Gasteiger partial charge in [-0.05, 0) is 64.2 Å². The third-order valence-electron chi connectivity index (χ3n) is 5.10. The summed E-state index contributed by atoms with van der Waals surface area (Å²) in [6, 6.07) is 16.7. The summed E-state index contributed by atoms with van der Waals surface area (Å²) in [6.07, 6.45) is 1.48. The van der Waals surface area contributed by atoms with E-state index in [1.54, 1.807) is 16.2 Å². The Morgan fingerprint density at radius 3 is 2.67 bits per heavy atom. The Labute approximate surface area is 184 Å². The van der Waals surface area contributed by atoms with E-state index < -0.39 is 0 Å². The van der Waals surface area contributed by atoms with Gasteiger partial charge in [-0.3, -0.25) is 4.79 Å². The van der Waals surface area contributed by atoms with Crippen LogP contribution in [0.1, 0.15) is 35.6 Å². The minimum absolute atomic E-state index is 0.152. The molecule has 154 valence electrons. The summed E-state index contributed by atoms with van der Waals surface area (Å²) < 4.78 is 0. The van der Waals surface area contributed by atoms with E-state index in [-0.39, 0.29) is 18.0 Å². The topological polar surface area (TPSA) is 61.4 Å². The first kappa shape index (κ1) is 20.4. The highest BCUT2D eigenvalue weighted by atomic mass is 35.5. The molecule has 1 aliphatic heterocycles. The minimum Gasteiger partial charge on any atom is -0.334 e. The molecule has 2 heterocycles. The summed E-state index contributed by atoms with van der Waals surface area (Å²) >= 11 is 7.60. The van der Waals surface area contributed by atoms with E-state index in [0.29, 0.717) is 18.0 Å². The van der Waals surface area contributed by atoms with Crippen molar-refractivity contribution < 1.29 is 9.59 Å². The van der Waals surface area contributed by atoms with Crippen LogP contribution in [0.4, 0.5) is 10.5 Å². The third-order valence-corrected chi connectivity index (χ3v) is 6.06. The molecule has 30 heavy (non-hydrogen) atoms. The lowest BCUT2D eigenvalue weighted by atomic mass is 10.0. The number of amides is 3. The zero-order valence-corrected chi connectivity index (χ0v) is 17.9. The van der Waals surface area contributed by atoms with Crippen molar-refractivity contribution in [1.29, 1.82) is 0 Å². The van der Waals surface area contributed by atoms with Gasteiger partial charge in [0.1, 0.15) is 0 Å². The van der Waals surface area contributed by atoms with Crippen LogP contribution < -0.4 is 15.5 Å². The van der Waals surface area contributed by atoms with Crippen LogP contribution in [0.5, 0.6) is 0 Å². The van der Waals surface area contributed by atoms with Crippen molar-refractivity contribution in [1.82, 2.24) is 10.6 Å². The van der Waals surface area contributed by atoms with Crippen LogP contribution in [0.2, 0.25) is 5.02 Å². The van der Waals surface area contributed by atoms with Crippen molar-refractivity contribution in [2.75, 3.05) is 11.4 Å². The van der Waals surface area contributed by atoms with Gasteiger partial charge in [-0.25, -0.2) is 4.79 Å². The van der Waals surface area contributed by atoms with E-state index in [1.165, 1.54) is 0 Å². The highest BCUT2D eigenvalue weighted by Gasteiger charge is 2.22. The van der Waals surface area contributed by atoms with E-state index in [9.17, 15) is 9.59 Å². The van der Waals surface area contributed by atoms with Gasteiger partial charge < -0.3 is 15.5 Å². The Hall–Kier alpha value is -2.83. The molecule has 1 saturated heterocycles. The smallest absolute Gasteiger partial charge is 0.315 e. The molecule has 0 bridgehead atoms. The first-order chi connectivity index (χ1) is 14.6. The van der Waals surface area contributed by atoms with Crippen LogP contribution in [0.25, 0.3) is 0 Å². The van der Waals surface area contributed by atoms with Crippen molar-refractivity contribution in [3.05, 3.63) is 87.1 Å². The maximum Gasteiger partial charge on any atom is 0.315 e. The molecule has 2 aromatic carbocycles. The Bertz CT molecular complexity index is 1020. The number of anilines is 1. The second-order valence-corrected chi connectivity index (χ2v) is 8.40. The van der Waals surface area contributed by atoms with Gasteiger partial charge >= 0.3 is 6.03 Å². The van der Waals surface area contributed by atoms with Gasteiger partial charge in [0.25, 0.3) is 0 Å². The quantitative estimate of drug-likeness (QED) is 0.560. The third kappa shape index (κ3) is 4.83. The number of halogens is 1. The van der Waals surface area contributed by atoms with Crippen molar-refractivity contribution in [2.45, 2.75) is 25.4 Å². The van der Waals surface area contributed by atoms with Gasteiger partial charge in [-0.15, -0.1) is 0 Å². The maximum absolute atomic E-state index is 12.6. The number of thiophene rings is 1. The molecule has 2 N–H and O–H groups in total. The molecule has 1 atom stereocenters. The fourth-order valence-electron chi connectivity index (χ4n) is 3.57. The van der Waals surface area contributed by atoms with E-state index in [4.69, 9.17) is 11.6 Å². The second-order valence-electron chi connectivity index (χ2n) is 7.19. The molecule has 3 aromatic rings. The molecule has 0 spiro atoms. The largest absolute Gasteiger partial charge is 0.334 e. The predicted molar refractivity (Wildman–Crippen MR) is 121 cm³/mol. The van der Waals surface area contributed by atoms with Crippen molar-refractivity contribution in [2.24, 2.45) is 0 Å². The lowest BCUT2D eigenvalue weighted by Crippen LogP contribution is -2.38. The number of hydrogen-bond donors (Lipinski definition) is 2. The van der Waals surface area contributed by atoms with Gasteiger partial charge in [0.05, 0.1) is 6.04 Å². The van der Waals surface area contributed by atoms with Crippen molar-refractivity contribution in [3.8, 4) is 0 Å². The lowest BCUT2D eigenvalue weighted by Gasteiger charge is -2.20. The molecule has 1 fully saturated rings. The van der Waals surface area contributed by atoms with E-state index >= 15 is 0 Å². The standard InChI is InChI=1S/C23H22ClN3O2S/c24-19-8-6-17(7-9-19)22(18-10-12-30-15-18)26-23(29)25-14-16-3-1-4-20(13-16)27-11-2-5-21(27)28/h1,3-4,6-10,12-13,15,22H,2,5,11,14H2,(H2,25,26,29). The van der Waals surface area contributed by atoms with Crippen LogP contribution in [0, 0.1) is 0 Å². The summed E-state index contributed by atoms with van der Waals surface area (Å²) in [5.41, 5.74) is 3.81. The fourth-order valence-corrected chi connectivity index (χ4v) is 4.39. The predicted octanol–water partition coefficient (Wildman–Crippen LogP) is 5.12. The summed E-state index contributed by atoms with van der Waals surface area (Å²) in [4.78, 5) is 26.4. The number of carbonyl (C=O) groups excluding carboxylic acids is 2. The van der Waals surface area contributed by atoms with Gasteiger partial charge in [0.15, 0.2) is 0 Å². The normalized spacial score (nSPS) is 14.6. The zero-order valence-electron chi connectivity index (χ0n) is 16.3. The van der Waals surface area contributed by atoms with Crippen LogP contribution >= 0.6 is 22.9 Å². The van der Waals surface area contributed by atoms with Gasteiger partial charge in [0.2, 0.25) is 5.91 Å². The number of urea groups is 1. The number of benzene rings is 2. The Kier molecular flexibility index (Phi) is 6.35. The van der Waals surface area contributed by atoms with Crippen molar-refractivity contribution >= 4 is 40.6 Å². The van der Waals surface area contributed by atoms with E-state index in [0.717, 1.165) is 35.3 Å². The number of rotatable bonds is 6. The van der Waals surface area contributed by atoms with Gasteiger partial charge in [0, 0.05) is 30.2 Å². The lowest BCUT2D eigenvalue weighted by molar-refractivity contribution is -0.117. The number of nitrogens with one attached hydrogen (secondary N) is 2. The fraction of sp³-hybridized carbons (Fsp3) is 0.217. The SMILES string of the molecule is O=C(NCc1cccc(N2CCCC2=O)c1)NC(c1ccc(Cl)cc1)c1ccsc1. The molecule has 4 rings (SSSR count). The summed E-state index contributed by atoms with van der Waals surface area (Å²) in [7, 11) is 0. The highest BCUT2D eigenvalue weighted by molar-refractivity contribution is 7.08. The molecule has 1 unspecified atom stereocenters. The molecular weight excluding hydrogens is 418 g/mol. The number of nitrogens with zero attached hydrogens (tertiary/aromatic N) is 1. The average Bonchev–Trinajstić information content (AvgIpc) is 3.43. The maximum atomic E-state index is 12.6. The van der Waals surface area contributed by atoms with E-state index in [2.05, 4.69) is 10.6 Å². The number of carbonyl (C=O) groups is 2. The van der Waals surface area contributed by atoms with E-state index in [1.807, 2.05) is 65.4 Å². The molecule has 5 nitrogen and oxygen atoms in total. The Morgan fingerprint density at radius 1 is 1.13 bits per heavy atom. The first-order valence-corrected chi connectivity index (χ1v) is 11.1. The first-order valence-electron chi connectivity index (χ1n) is 9.81.